The van der Waals surface area contributed by atoms with Gasteiger partial charge in [-0.25, -0.2) is 0 Å². The van der Waals surface area contributed by atoms with Gasteiger partial charge in [0.25, 0.3) is 0 Å². The van der Waals surface area contributed by atoms with Crippen LogP contribution in [0.25, 0.3) is 0 Å². The van der Waals surface area contributed by atoms with Crippen LogP contribution >= 0.6 is 15.9 Å². The first kappa shape index (κ1) is 13.9. The van der Waals surface area contributed by atoms with Gasteiger partial charge in [-0.05, 0) is 30.2 Å². The maximum absolute atomic E-state index is 11.4. The molecule has 3 rings (SSSR count). The third-order valence-corrected chi connectivity index (χ3v) is 4.52. The van der Waals surface area contributed by atoms with E-state index in [4.69, 9.17) is 4.74 Å². The highest BCUT2D eigenvalue weighted by molar-refractivity contribution is 9.10. The van der Waals surface area contributed by atoms with Crippen LogP contribution in [0.5, 0.6) is 5.75 Å². The molecule has 0 spiro atoms. The minimum absolute atomic E-state index is 0.197. The number of likely N-dealkylation sites (tertiary alicyclic amines) is 1. The van der Waals surface area contributed by atoms with Gasteiger partial charge in [-0.15, -0.1) is 0 Å². The van der Waals surface area contributed by atoms with Gasteiger partial charge in [0.1, 0.15) is 11.9 Å². The van der Waals surface area contributed by atoms with E-state index in [2.05, 4.69) is 27.3 Å². The lowest BCUT2D eigenvalue weighted by molar-refractivity contribution is -0.132. The van der Waals surface area contributed by atoms with Crippen LogP contribution in [-0.4, -0.2) is 43.1 Å². The van der Waals surface area contributed by atoms with Crippen LogP contribution in [-0.2, 0) is 11.2 Å². The first-order valence-corrected chi connectivity index (χ1v) is 7.83. The number of benzene rings is 1. The summed E-state index contributed by atoms with van der Waals surface area (Å²) in [5, 5.41) is 3.53. The van der Waals surface area contributed by atoms with Crippen molar-refractivity contribution in [1.29, 1.82) is 0 Å². The number of piperidine rings is 1. The highest BCUT2D eigenvalue weighted by atomic mass is 79.9. The van der Waals surface area contributed by atoms with Gasteiger partial charge in [0.2, 0.25) is 5.91 Å². The largest absolute Gasteiger partial charge is 0.488 e. The van der Waals surface area contributed by atoms with Crippen LogP contribution in [0.1, 0.15) is 18.4 Å². The van der Waals surface area contributed by atoms with Gasteiger partial charge in [-0.3, -0.25) is 4.79 Å². The van der Waals surface area contributed by atoms with Crippen molar-refractivity contribution in [2.45, 2.75) is 31.4 Å². The van der Waals surface area contributed by atoms with E-state index >= 15 is 0 Å². The lowest BCUT2D eigenvalue weighted by Crippen LogP contribution is -2.48. The van der Waals surface area contributed by atoms with Crippen molar-refractivity contribution in [2.75, 3.05) is 20.1 Å². The first-order valence-electron chi connectivity index (χ1n) is 7.04. The monoisotopic (exact) mass is 338 g/mol. The van der Waals surface area contributed by atoms with Gasteiger partial charge in [0, 0.05) is 43.5 Å². The Hall–Kier alpha value is -1.07. The molecule has 0 aliphatic carbocycles. The van der Waals surface area contributed by atoms with Crippen LogP contribution < -0.4 is 10.1 Å². The zero-order chi connectivity index (χ0) is 14.1. The van der Waals surface area contributed by atoms with E-state index < -0.39 is 0 Å². The van der Waals surface area contributed by atoms with Crippen molar-refractivity contribution in [3.63, 3.8) is 0 Å². The summed E-state index contributed by atoms with van der Waals surface area (Å²) < 4.78 is 7.04. The van der Waals surface area contributed by atoms with Gasteiger partial charge < -0.3 is 15.0 Å². The fourth-order valence-corrected chi connectivity index (χ4v) is 3.29. The second-order valence-electron chi connectivity index (χ2n) is 5.61. The van der Waals surface area contributed by atoms with Crippen LogP contribution in [0.2, 0.25) is 0 Å². The molecular weight excluding hydrogens is 320 g/mol. The van der Waals surface area contributed by atoms with Crippen molar-refractivity contribution in [3.8, 4) is 5.75 Å². The third-order valence-electron chi connectivity index (χ3n) is 4.02. The molecule has 108 valence electrons. The average molecular weight is 339 g/mol. The van der Waals surface area contributed by atoms with E-state index in [0.717, 1.165) is 36.2 Å². The fraction of sp³-hybridized carbons (Fsp3) is 0.533. The van der Waals surface area contributed by atoms with E-state index in [0.29, 0.717) is 12.5 Å². The number of halogens is 1. The smallest absolute Gasteiger partial charge is 0.222 e. The molecule has 4 nitrogen and oxygen atoms in total. The van der Waals surface area contributed by atoms with Gasteiger partial charge in [0.05, 0.1) is 0 Å². The molecule has 2 atom stereocenters. The number of carbonyl (C=O) groups is 1. The summed E-state index contributed by atoms with van der Waals surface area (Å²) in [6.45, 7) is 1.63. The van der Waals surface area contributed by atoms with Gasteiger partial charge in [-0.2, -0.15) is 0 Å². The standard InChI is InChI=1S/C15H19BrN2O2/c1-18-9-12(3-5-15(18)19)17-8-13-7-10-6-11(16)2-4-14(10)20-13/h2,4,6,12-13,17H,3,5,7-9H2,1H3. The molecule has 2 aliphatic rings. The van der Waals surface area contributed by atoms with E-state index in [-0.39, 0.29) is 12.0 Å². The minimum atomic E-state index is 0.197. The molecule has 0 bridgehead atoms. The highest BCUT2D eigenvalue weighted by Crippen LogP contribution is 2.31. The van der Waals surface area contributed by atoms with E-state index in [1.807, 2.05) is 24.1 Å². The molecule has 0 radical (unpaired) electrons. The Labute approximate surface area is 127 Å². The number of nitrogens with zero attached hydrogens (tertiary/aromatic N) is 1. The summed E-state index contributed by atoms with van der Waals surface area (Å²) in [6.07, 6.45) is 2.71. The van der Waals surface area contributed by atoms with Crippen molar-refractivity contribution in [2.24, 2.45) is 0 Å². The summed E-state index contributed by atoms with van der Waals surface area (Å²) in [4.78, 5) is 13.3. The maximum atomic E-state index is 11.4. The summed E-state index contributed by atoms with van der Waals surface area (Å²) in [7, 11) is 1.87. The number of fused-ring (bicyclic) bond motifs is 1. The number of hydrogen-bond acceptors (Lipinski definition) is 3. The molecule has 1 fully saturated rings. The minimum Gasteiger partial charge on any atom is -0.488 e. The molecule has 1 amide bonds. The van der Waals surface area contributed by atoms with Gasteiger partial charge >= 0.3 is 0 Å². The topological polar surface area (TPSA) is 41.6 Å². The summed E-state index contributed by atoms with van der Waals surface area (Å²) in [5.74, 6) is 1.24. The van der Waals surface area contributed by atoms with E-state index in [1.54, 1.807) is 0 Å². The molecule has 2 aliphatic heterocycles. The zero-order valence-corrected chi connectivity index (χ0v) is 13.1. The molecule has 20 heavy (non-hydrogen) atoms. The number of carbonyl (C=O) groups excluding carboxylic acids is 1. The fourth-order valence-electron chi connectivity index (χ4n) is 2.88. The lowest BCUT2D eigenvalue weighted by atomic mass is 10.0. The molecule has 2 unspecified atom stereocenters. The third kappa shape index (κ3) is 2.99. The Bertz CT molecular complexity index is 521. The summed E-state index contributed by atoms with van der Waals surface area (Å²) >= 11 is 3.49. The molecule has 0 saturated carbocycles. The lowest BCUT2D eigenvalue weighted by Gasteiger charge is -2.30. The molecule has 5 heteroatoms. The number of ether oxygens (including phenoxy) is 1. The van der Waals surface area contributed by atoms with Crippen molar-refractivity contribution < 1.29 is 9.53 Å². The average Bonchev–Trinajstić information content (AvgIpc) is 2.82. The van der Waals surface area contributed by atoms with Crippen LogP contribution in [0.4, 0.5) is 0 Å². The molecule has 1 saturated heterocycles. The van der Waals surface area contributed by atoms with Crippen LogP contribution in [0.15, 0.2) is 22.7 Å². The van der Waals surface area contributed by atoms with Gasteiger partial charge in [0.15, 0.2) is 0 Å². The quantitative estimate of drug-likeness (QED) is 0.915. The summed E-state index contributed by atoms with van der Waals surface area (Å²) in [5.41, 5.74) is 1.27. The number of amides is 1. The number of nitrogens with one attached hydrogen (secondary N) is 1. The molecule has 0 aromatic heterocycles. The molecular formula is C15H19BrN2O2. The Kier molecular flexibility index (Phi) is 3.98. The molecule has 1 N–H and O–H groups in total. The SMILES string of the molecule is CN1CC(NCC2Cc3cc(Br)ccc3O2)CCC1=O. The van der Waals surface area contributed by atoms with Crippen LogP contribution in [0.3, 0.4) is 0 Å². The Morgan fingerprint density at radius 1 is 1.50 bits per heavy atom. The molecule has 1 aromatic carbocycles. The normalized spacial score (nSPS) is 25.5. The number of rotatable bonds is 3. The predicted octanol–water partition coefficient (Wildman–Crippen LogP) is 1.96. The maximum Gasteiger partial charge on any atom is 0.222 e. The highest BCUT2D eigenvalue weighted by Gasteiger charge is 2.26. The Morgan fingerprint density at radius 2 is 2.35 bits per heavy atom. The zero-order valence-electron chi connectivity index (χ0n) is 11.6. The second-order valence-corrected chi connectivity index (χ2v) is 6.53. The predicted molar refractivity (Wildman–Crippen MR) is 80.9 cm³/mol. The molecule has 2 heterocycles. The Morgan fingerprint density at radius 3 is 3.15 bits per heavy atom. The van der Waals surface area contributed by atoms with Crippen molar-refractivity contribution in [1.82, 2.24) is 10.2 Å². The van der Waals surface area contributed by atoms with Crippen LogP contribution in [0, 0.1) is 0 Å². The second kappa shape index (κ2) is 5.74. The van der Waals surface area contributed by atoms with Gasteiger partial charge in [-0.1, -0.05) is 15.9 Å². The Balaban J connectivity index is 1.50. The first-order chi connectivity index (χ1) is 9.61. The van der Waals surface area contributed by atoms with E-state index in [1.165, 1.54) is 5.56 Å². The summed E-state index contributed by atoms with van der Waals surface area (Å²) in [6, 6.07) is 6.54. The van der Waals surface area contributed by atoms with E-state index in [9.17, 15) is 4.79 Å². The molecule has 1 aromatic rings. The van der Waals surface area contributed by atoms with Crippen molar-refractivity contribution >= 4 is 21.8 Å². The van der Waals surface area contributed by atoms with Crippen molar-refractivity contribution in [3.05, 3.63) is 28.2 Å². The number of likely N-dealkylation sites (N-methyl/N-ethyl adjacent to an activating group) is 1. The number of hydrogen-bond donors (Lipinski definition) is 1.